The zero-order chi connectivity index (χ0) is 15.1. The maximum atomic E-state index is 5.76. The number of nitrogens with zero attached hydrogens (tertiary/aromatic N) is 3. The summed E-state index contributed by atoms with van der Waals surface area (Å²) in [5, 5.41) is 3.40. The van der Waals surface area contributed by atoms with E-state index in [-0.39, 0.29) is 6.10 Å². The van der Waals surface area contributed by atoms with Crippen molar-refractivity contribution in [2.75, 3.05) is 47.4 Å². The van der Waals surface area contributed by atoms with E-state index < -0.39 is 0 Å². The third-order valence-electron chi connectivity index (χ3n) is 3.51. The van der Waals surface area contributed by atoms with Gasteiger partial charge < -0.3 is 19.9 Å². The molecule has 2 rings (SSSR count). The van der Waals surface area contributed by atoms with Crippen LogP contribution in [-0.2, 0) is 11.3 Å². The molecule has 1 fully saturated rings. The minimum Gasteiger partial charge on any atom is -0.374 e. The smallest absolute Gasteiger partial charge is 0.193 e. The summed E-state index contributed by atoms with van der Waals surface area (Å²) in [6, 6.07) is 10.3. The summed E-state index contributed by atoms with van der Waals surface area (Å²) in [5.41, 5.74) is 1.22. The molecule has 0 bridgehead atoms. The van der Waals surface area contributed by atoms with Gasteiger partial charge in [0.05, 0.1) is 19.3 Å². The molecule has 1 unspecified atom stereocenters. The molecule has 1 saturated heterocycles. The highest BCUT2D eigenvalue weighted by atomic mass is 16.5. The Labute approximate surface area is 127 Å². The number of hydrogen-bond acceptors (Lipinski definition) is 3. The Balaban J connectivity index is 1.86. The molecule has 21 heavy (non-hydrogen) atoms. The third kappa shape index (κ3) is 5.36. The van der Waals surface area contributed by atoms with Crippen molar-refractivity contribution in [3.8, 4) is 0 Å². The predicted octanol–water partition coefficient (Wildman–Crippen LogP) is 1.02. The Morgan fingerprint density at radius 3 is 2.81 bits per heavy atom. The van der Waals surface area contributed by atoms with E-state index in [9.17, 15) is 0 Å². The van der Waals surface area contributed by atoms with Crippen molar-refractivity contribution in [2.24, 2.45) is 4.99 Å². The number of ether oxygens (including phenoxy) is 1. The predicted molar refractivity (Wildman–Crippen MR) is 86.5 cm³/mol. The van der Waals surface area contributed by atoms with Crippen LogP contribution in [0.25, 0.3) is 0 Å². The highest BCUT2D eigenvalue weighted by molar-refractivity contribution is 5.79. The second-order valence-corrected chi connectivity index (χ2v) is 5.66. The molecule has 5 heteroatoms. The van der Waals surface area contributed by atoms with Crippen molar-refractivity contribution >= 4 is 5.96 Å². The molecule has 1 aromatic carbocycles. The molecule has 0 spiro atoms. The lowest BCUT2D eigenvalue weighted by molar-refractivity contribution is -0.0162. The van der Waals surface area contributed by atoms with Crippen molar-refractivity contribution in [2.45, 2.75) is 12.6 Å². The molecule has 1 aliphatic heterocycles. The van der Waals surface area contributed by atoms with Gasteiger partial charge in [0.1, 0.15) is 0 Å². The highest BCUT2D eigenvalue weighted by Crippen LogP contribution is 2.03. The van der Waals surface area contributed by atoms with Crippen molar-refractivity contribution in [1.82, 2.24) is 15.1 Å². The van der Waals surface area contributed by atoms with Crippen molar-refractivity contribution in [3.05, 3.63) is 35.9 Å². The van der Waals surface area contributed by atoms with Gasteiger partial charge in [-0.2, -0.15) is 0 Å². The first kappa shape index (κ1) is 15.8. The summed E-state index contributed by atoms with van der Waals surface area (Å²) in [7, 11) is 6.14. The Bertz CT molecular complexity index is 447. The van der Waals surface area contributed by atoms with Gasteiger partial charge in [-0.1, -0.05) is 30.3 Å². The van der Waals surface area contributed by atoms with Crippen LogP contribution in [0.5, 0.6) is 0 Å². The Morgan fingerprint density at radius 2 is 2.14 bits per heavy atom. The summed E-state index contributed by atoms with van der Waals surface area (Å²) in [4.78, 5) is 8.97. The van der Waals surface area contributed by atoms with Gasteiger partial charge in [-0.15, -0.1) is 0 Å². The molecule has 0 amide bonds. The number of hydrogen-bond donors (Lipinski definition) is 1. The summed E-state index contributed by atoms with van der Waals surface area (Å²) in [6.45, 7) is 4.26. The van der Waals surface area contributed by atoms with E-state index in [2.05, 4.69) is 34.4 Å². The molecular formula is C16H26N4O. The van der Waals surface area contributed by atoms with Crippen LogP contribution in [0, 0.1) is 0 Å². The molecule has 1 atom stereocenters. The molecule has 0 aromatic heterocycles. The highest BCUT2D eigenvalue weighted by Gasteiger charge is 2.18. The molecule has 1 aliphatic rings. The van der Waals surface area contributed by atoms with Crippen LogP contribution in [0.15, 0.2) is 35.3 Å². The van der Waals surface area contributed by atoms with E-state index in [1.165, 1.54) is 5.56 Å². The lowest BCUT2D eigenvalue weighted by Crippen LogP contribution is -2.48. The van der Waals surface area contributed by atoms with Crippen LogP contribution in [0.2, 0.25) is 0 Å². The van der Waals surface area contributed by atoms with Gasteiger partial charge in [0.25, 0.3) is 0 Å². The fourth-order valence-electron chi connectivity index (χ4n) is 2.30. The van der Waals surface area contributed by atoms with Crippen LogP contribution in [0.1, 0.15) is 5.56 Å². The van der Waals surface area contributed by atoms with Crippen molar-refractivity contribution in [1.29, 1.82) is 0 Å². The fourth-order valence-corrected chi connectivity index (χ4v) is 2.30. The van der Waals surface area contributed by atoms with Crippen molar-refractivity contribution < 1.29 is 4.74 Å². The fraction of sp³-hybridized carbons (Fsp3) is 0.562. The van der Waals surface area contributed by atoms with Crippen LogP contribution in [-0.4, -0.2) is 69.2 Å². The minimum atomic E-state index is 0.227. The standard InChI is InChI=1S/C16H26N4O/c1-19(2)16(17-11-14-7-5-4-6-8-14)18-12-15-13-20(3)9-10-21-15/h4-8,15H,9-13H2,1-3H3,(H,17,18). The number of rotatable bonds is 4. The molecule has 0 radical (unpaired) electrons. The molecule has 116 valence electrons. The maximum Gasteiger partial charge on any atom is 0.193 e. The quantitative estimate of drug-likeness (QED) is 0.664. The normalized spacial score (nSPS) is 20.3. The van der Waals surface area contributed by atoms with E-state index in [1.54, 1.807) is 0 Å². The topological polar surface area (TPSA) is 40.1 Å². The molecule has 1 heterocycles. The number of benzene rings is 1. The average molecular weight is 290 g/mol. The summed E-state index contributed by atoms with van der Waals surface area (Å²) >= 11 is 0. The molecular weight excluding hydrogens is 264 g/mol. The van der Waals surface area contributed by atoms with Gasteiger partial charge >= 0.3 is 0 Å². The van der Waals surface area contributed by atoms with Gasteiger partial charge in [0, 0.05) is 33.7 Å². The zero-order valence-corrected chi connectivity index (χ0v) is 13.2. The lowest BCUT2D eigenvalue weighted by Gasteiger charge is -2.31. The zero-order valence-electron chi connectivity index (χ0n) is 13.2. The third-order valence-corrected chi connectivity index (χ3v) is 3.51. The summed E-state index contributed by atoms with van der Waals surface area (Å²) < 4.78 is 5.76. The Morgan fingerprint density at radius 1 is 1.38 bits per heavy atom. The lowest BCUT2D eigenvalue weighted by atomic mass is 10.2. The maximum absolute atomic E-state index is 5.76. The van der Waals surface area contributed by atoms with Gasteiger partial charge in [0.2, 0.25) is 0 Å². The van der Waals surface area contributed by atoms with Crippen molar-refractivity contribution in [3.63, 3.8) is 0 Å². The minimum absolute atomic E-state index is 0.227. The van der Waals surface area contributed by atoms with E-state index in [1.807, 2.05) is 37.2 Å². The molecule has 5 nitrogen and oxygen atoms in total. The number of guanidine groups is 1. The number of morpholine rings is 1. The number of likely N-dealkylation sites (N-methyl/N-ethyl adjacent to an activating group) is 1. The number of nitrogens with one attached hydrogen (secondary N) is 1. The van der Waals surface area contributed by atoms with Gasteiger partial charge in [-0.05, 0) is 12.6 Å². The van der Waals surface area contributed by atoms with E-state index >= 15 is 0 Å². The molecule has 1 N–H and O–H groups in total. The van der Waals surface area contributed by atoms with Crippen LogP contribution in [0.3, 0.4) is 0 Å². The first-order chi connectivity index (χ1) is 10.1. The molecule has 1 aromatic rings. The largest absolute Gasteiger partial charge is 0.374 e. The SMILES string of the molecule is CN1CCOC(CNC(=NCc2ccccc2)N(C)C)C1. The summed E-state index contributed by atoms with van der Waals surface area (Å²) in [5.74, 6) is 0.899. The van der Waals surface area contributed by atoms with E-state index in [0.717, 1.165) is 32.2 Å². The van der Waals surface area contributed by atoms with E-state index in [4.69, 9.17) is 4.74 Å². The second-order valence-electron chi connectivity index (χ2n) is 5.66. The second kappa shape index (κ2) is 8.00. The monoisotopic (exact) mass is 290 g/mol. The molecule has 0 saturated carbocycles. The Hall–Kier alpha value is -1.59. The summed E-state index contributed by atoms with van der Waals surface area (Å²) in [6.07, 6.45) is 0.227. The van der Waals surface area contributed by atoms with Gasteiger partial charge in [0.15, 0.2) is 5.96 Å². The Kier molecular flexibility index (Phi) is 6.02. The van der Waals surface area contributed by atoms with E-state index in [0.29, 0.717) is 6.54 Å². The first-order valence-corrected chi connectivity index (χ1v) is 7.45. The average Bonchev–Trinajstić information content (AvgIpc) is 2.48. The molecule has 0 aliphatic carbocycles. The van der Waals surface area contributed by atoms with Gasteiger partial charge in [-0.25, -0.2) is 4.99 Å². The van der Waals surface area contributed by atoms with Gasteiger partial charge in [-0.3, -0.25) is 0 Å². The number of aliphatic imine (C=N–C) groups is 1. The first-order valence-electron chi connectivity index (χ1n) is 7.45. The van der Waals surface area contributed by atoms with Crippen LogP contribution in [0.4, 0.5) is 0 Å². The van der Waals surface area contributed by atoms with Crippen LogP contribution < -0.4 is 5.32 Å². The van der Waals surface area contributed by atoms with Crippen LogP contribution >= 0.6 is 0 Å².